The Bertz CT molecular complexity index is 105. The molecule has 0 aromatic heterocycles. The summed E-state index contributed by atoms with van der Waals surface area (Å²) in [6.45, 7) is 1.28. The van der Waals surface area contributed by atoms with Gasteiger partial charge in [-0.2, -0.15) is 0 Å². The molecule has 0 radical (unpaired) electrons. The molecule has 1 saturated heterocycles. The summed E-state index contributed by atoms with van der Waals surface area (Å²) in [6, 6.07) is 0. The van der Waals surface area contributed by atoms with E-state index in [9.17, 15) is 0 Å². The van der Waals surface area contributed by atoms with Gasteiger partial charge in [0.1, 0.15) is 0 Å². The van der Waals surface area contributed by atoms with Crippen molar-refractivity contribution in [1.82, 2.24) is 5.32 Å². The molecular formula is C6H10IN. The van der Waals surface area contributed by atoms with Crippen molar-refractivity contribution in [2.75, 3.05) is 6.54 Å². The van der Waals surface area contributed by atoms with Crippen LogP contribution in [0.3, 0.4) is 0 Å². The van der Waals surface area contributed by atoms with E-state index in [1.54, 1.807) is 0 Å². The first-order valence-corrected chi connectivity index (χ1v) is 4.30. The van der Waals surface area contributed by atoms with E-state index in [4.69, 9.17) is 0 Å². The van der Waals surface area contributed by atoms with Gasteiger partial charge in [0.25, 0.3) is 0 Å². The Labute approximate surface area is 63.4 Å². The lowest BCUT2D eigenvalue weighted by atomic mass is 10.1. The molecule has 2 unspecified atom stereocenters. The summed E-state index contributed by atoms with van der Waals surface area (Å²) in [5.74, 6) is 1.02. The molecule has 1 heterocycles. The summed E-state index contributed by atoms with van der Waals surface area (Å²) in [7, 11) is 0. The third-order valence-electron chi connectivity index (χ3n) is 2.27. The van der Waals surface area contributed by atoms with E-state index in [0.717, 1.165) is 5.92 Å². The number of halogens is 1. The molecule has 0 amide bonds. The molecule has 1 nitrogen and oxygen atoms in total. The van der Waals surface area contributed by atoms with Crippen LogP contribution in [0.4, 0.5) is 0 Å². The first-order chi connectivity index (χ1) is 3.79. The van der Waals surface area contributed by atoms with Gasteiger partial charge in [0.05, 0.1) is 3.55 Å². The molecule has 2 rings (SSSR count). The summed E-state index contributed by atoms with van der Waals surface area (Å²) in [5.41, 5.74) is 0. The summed E-state index contributed by atoms with van der Waals surface area (Å²) in [4.78, 5) is 0. The SMILES string of the molecule is IC12CCC(CN1)C2. The molecule has 0 aromatic rings. The topological polar surface area (TPSA) is 12.0 Å². The number of hydrogen-bond acceptors (Lipinski definition) is 1. The molecule has 2 fully saturated rings. The van der Waals surface area contributed by atoms with Gasteiger partial charge in [-0.15, -0.1) is 0 Å². The molecule has 2 bridgehead atoms. The number of hydrogen-bond donors (Lipinski definition) is 1. The molecule has 1 aliphatic carbocycles. The van der Waals surface area contributed by atoms with E-state index < -0.39 is 0 Å². The third kappa shape index (κ3) is 0.692. The lowest BCUT2D eigenvalue weighted by molar-refractivity contribution is 0.494. The van der Waals surface area contributed by atoms with E-state index in [0.29, 0.717) is 3.55 Å². The number of alkyl halides is 1. The fourth-order valence-electron chi connectivity index (χ4n) is 1.76. The van der Waals surface area contributed by atoms with Crippen LogP contribution in [0.2, 0.25) is 0 Å². The average Bonchev–Trinajstić information content (AvgIpc) is 2.21. The zero-order chi connectivity index (χ0) is 5.61. The maximum absolute atomic E-state index is 3.52. The van der Waals surface area contributed by atoms with Crippen LogP contribution in [0.25, 0.3) is 0 Å². The molecule has 2 aliphatic rings. The van der Waals surface area contributed by atoms with Gasteiger partial charge in [-0.3, -0.25) is 0 Å². The predicted octanol–water partition coefficient (Wildman–Crippen LogP) is 1.52. The van der Waals surface area contributed by atoms with E-state index in [1.807, 2.05) is 0 Å². The molecule has 46 valence electrons. The van der Waals surface area contributed by atoms with Gasteiger partial charge in [-0.05, 0) is 31.7 Å². The van der Waals surface area contributed by atoms with E-state index in [-0.39, 0.29) is 0 Å². The van der Waals surface area contributed by atoms with Crippen molar-refractivity contribution in [2.45, 2.75) is 22.8 Å². The normalized spacial score (nSPS) is 52.9. The Morgan fingerprint density at radius 2 is 2.50 bits per heavy atom. The van der Waals surface area contributed by atoms with Crippen LogP contribution in [0.1, 0.15) is 19.3 Å². The van der Waals surface area contributed by atoms with Crippen LogP contribution in [-0.2, 0) is 0 Å². The van der Waals surface area contributed by atoms with E-state index in [1.165, 1.54) is 25.8 Å². The monoisotopic (exact) mass is 223 g/mol. The number of rotatable bonds is 0. The Kier molecular flexibility index (Phi) is 1.09. The molecular weight excluding hydrogens is 213 g/mol. The lowest BCUT2D eigenvalue weighted by Gasteiger charge is -2.19. The fraction of sp³-hybridized carbons (Fsp3) is 1.00. The average molecular weight is 223 g/mol. The summed E-state index contributed by atoms with van der Waals surface area (Å²) in [5, 5.41) is 3.52. The van der Waals surface area contributed by atoms with Crippen molar-refractivity contribution in [3.63, 3.8) is 0 Å². The van der Waals surface area contributed by atoms with Crippen LogP contribution in [0.15, 0.2) is 0 Å². The first kappa shape index (κ1) is 5.47. The smallest absolute Gasteiger partial charge is 0.0708 e. The Morgan fingerprint density at radius 1 is 1.62 bits per heavy atom. The Hall–Kier alpha value is 0.690. The molecule has 2 heteroatoms. The largest absolute Gasteiger partial charge is 0.303 e. The van der Waals surface area contributed by atoms with Crippen LogP contribution in [0, 0.1) is 5.92 Å². The van der Waals surface area contributed by atoms with Gasteiger partial charge < -0.3 is 5.32 Å². The van der Waals surface area contributed by atoms with Gasteiger partial charge in [0, 0.05) is 0 Å². The summed E-state index contributed by atoms with van der Waals surface area (Å²) >= 11 is 2.56. The molecule has 1 saturated carbocycles. The van der Waals surface area contributed by atoms with Crippen molar-refractivity contribution in [3.8, 4) is 0 Å². The standard InChI is InChI=1S/C6H10IN/c7-6-2-1-5(3-6)4-8-6/h5,8H,1-4H2. The minimum atomic E-state index is 0.530. The quantitative estimate of drug-likeness (QED) is 0.373. The molecule has 0 spiro atoms. The molecule has 0 aromatic carbocycles. The highest BCUT2D eigenvalue weighted by Gasteiger charge is 2.42. The number of fused-ring (bicyclic) bond motifs is 2. The highest BCUT2D eigenvalue weighted by atomic mass is 127. The highest BCUT2D eigenvalue weighted by Crippen LogP contribution is 2.43. The van der Waals surface area contributed by atoms with Crippen molar-refractivity contribution in [3.05, 3.63) is 0 Å². The Morgan fingerprint density at radius 3 is 2.62 bits per heavy atom. The van der Waals surface area contributed by atoms with Crippen LogP contribution in [0.5, 0.6) is 0 Å². The van der Waals surface area contributed by atoms with Gasteiger partial charge in [0.2, 0.25) is 0 Å². The van der Waals surface area contributed by atoms with Gasteiger partial charge in [-0.1, -0.05) is 22.6 Å². The third-order valence-corrected chi connectivity index (χ3v) is 3.63. The zero-order valence-electron chi connectivity index (χ0n) is 4.78. The van der Waals surface area contributed by atoms with Gasteiger partial charge in [-0.25, -0.2) is 0 Å². The van der Waals surface area contributed by atoms with Crippen LogP contribution < -0.4 is 5.32 Å². The van der Waals surface area contributed by atoms with Crippen molar-refractivity contribution < 1.29 is 0 Å². The van der Waals surface area contributed by atoms with Gasteiger partial charge in [0.15, 0.2) is 0 Å². The number of nitrogens with one attached hydrogen (secondary N) is 1. The second kappa shape index (κ2) is 1.59. The van der Waals surface area contributed by atoms with Crippen LogP contribution in [-0.4, -0.2) is 10.1 Å². The predicted molar refractivity (Wildman–Crippen MR) is 42.1 cm³/mol. The second-order valence-electron chi connectivity index (χ2n) is 2.96. The molecule has 1 aliphatic heterocycles. The summed E-state index contributed by atoms with van der Waals surface area (Å²) in [6.07, 6.45) is 4.29. The molecule has 2 atom stereocenters. The molecule has 8 heavy (non-hydrogen) atoms. The minimum absolute atomic E-state index is 0.530. The molecule has 1 N–H and O–H groups in total. The minimum Gasteiger partial charge on any atom is -0.303 e. The maximum atomic E-state index is 3.52. The highest BCUT2D eigenvalue weighted by molar-refractivity contribution is 14.1. The van der Waals surface area contributed by atoms with Crippen LogP contribution >= 0.6 is 22.6 Å². The first-order valence-electron chi connectivity index (χ1n) is 3.22. The van der Waals surface area contributed by atoms with Crippen molar-refractivity contribution in [1.29, 1.82) is 0 Å². The maximum Gasteiger partial charge on any atom is 0.0708 e. The van der Waals surface area contributed by atoms with Crippen molar-refractivity contribution in [2.24, 2.45) is 5.92 Å². The fourth-order valence-corrected chi connectivity index (χ4v) is 2.91. The van der Waals surface area contributed by atoms with E-state index in [2.05, 4.69) is 27.9 Å². The van der Waals surface area contributed by atoms with Crippen molar-refractivity contribution >= 4 is 22.6 Å². The number of piperidine rings is 1. The van der Waals surface area contributed by atoms with Gasteiger partial charge >= 0.3 is 0 Å². The van der Waals surface area contributed by atoms with E-state index >= 15 is 0 Å². The zero-order valence-corrected chi connectivity index (χ0v) is 6.94. The Balaban J connectivity index is 2.19. The second-order valence-corrected chi connectivity index (χ2v) is 5.02. The lowest BCUT2D eigenvalue weighted by Crippen LogP contribution is -2.33. The summed E-state index contributed by atoms with van der Waals surface area (Å²) < 4.78 is 0.530.